The van der Waals surface area contributed by atoms with Crippen molar-refractivity contribution in [3.05, 3.63) is 50.0 Å². The Balaban J connectivity index is 2.26. The standard InChI is InChI=1S/C15H10BrIN2O2/c1-19-13-5-2-8(15(20)21)6-12(13)18-14(19)10-7-9(16)3-4-11(10)17/h2-7H,1H3,(H,20,21). The first-order valence-electron chi connectivity index (χ1n) is 6.12. The minimum Gasteiger partial charge on any atom is -0.478 e. The first-order valence-corrected chi connectivity index (χ1v) is 8.00. The van der Waals surface area contributed by atoms with Gasteiger partial charge in [0.1, 0.15) is 5.82 Å². The van der Waals surface area contributed by atoms with Crippen LogP contribution in [-0.4, -0.2) is 20.6 Å². The quantitative estimate of drug-likeness (QED) is 0.585. The molecule has 3 rings (SSSR count). The van der Waals surface area contributed by atoms with Crippen LogP contribution < -0.4 is 0 Å². The molecule has 0 unspecified atom stereocenters. The number of carboxylic acids is 1. The highest BCUT2D eigenvalue weighted by Gasteiger charge is 2.14. The van der Waals surface area contributed by atoms with Crippen molar-refractivity contribution in [2.45, 2.75) is 0 Å². The summed E-state index contributed by atoms with van der Waals surface area (Å²) in [6, 6.07) is 11.0. The molecule has 0 aliphatic heterocycles. The largest absolute Gasteiger partial charge is 0.478 e. The van der Waals surface area contributed by atoms with Gasteiger partial charge in [-0.05, 0) is 59.0 Å². The minimum atomic E-state index is -0.943. The number of halogens is 2. The first kappa shape index (κ1) is 14.5. The third-order valence-electron chi connectivity index (χ3n) is 3.30. The molecule has 3 aromatic rings. The maximum Gasteiger partial charge on any atom is 0.335 e. The van der Waals surface area contributed by atoms with E-state index in [1.807, 2.05) is 29.8 Å². The van der Waals surface area contributed by atoms with Crippen LogP contribution in [0.4, 0.5) is 0 Å². The van der Waals surface area contributed by atoms with E-state index in [4.69, 9.17) is 5.11 Å². The number of hydrogen-bond acceptors (Lipinski definition) is 2. The fourth-order valence-corrected chi connectivity index (χ4v) is 3.18. The number of aromatic nitrogens is 2. The molecule has 4 nitrogen and oxygen atoms in total. The van der Waals surface area contributed by atoms with Gasteiger partial charge in [-0.15, -0.1) is 0 Å². The van der Waals surface area contributed by atoms with Crippen molar-refractivity contribution in [3.8, 4) is 11.4 Å². The molecule has 0 fully saturated rings. The summed E-state index contributed by atoms with van der Waals surface area (Å²) < 4.78 is 4.05. The van der Waals surface area contributed by atoms with Gasteiger partial charge in [0.05, 0.1) is 16.6 Å². The van der Waals surface area contributed by atoms with Gasteiger partial charge in [-0.25, -0.2) is 9.78 Å². The van der Waals surface area contributed by atoms with Crippen LogP contribution >= 0.6 is 38.5 Å². The summed E-state index contributed by atoms with van der Waals surface area (Å²) in [5.41, 5.74) is 2.85. The number of hydrogen-bond donors (Lipinski definition) is 1. The summed E-state index contributed by atoms with van der Waals surface area (Å²) in [6.45, 7) is 0. The van der Waals surface area contributed by atoms with E-state index >= 15 is 0 Å². The molecule has 0 aliphatic rings. The van der Waals surface area contributed by atoms with Crippen LogP contribution in [0.3, 0.4) is 0 Å². The molecule has 0 saturated carbocycles. The predicted molar refractivity (Wildman–Crippen MR) is 93.5 cm³/mol. The number of carbonyl (C=O) groups is 1. The summed E-state index contributed by atoms with van der Waals surface area (Å²) >= 11 is 5.75. The molecule has 0 radical (unpaired) electrons. The lowest BCUT2D eigenvalue weighted by atomic mass is 10.2. The fraction of sp³-hybridized carbons (Fsp3) is 0.0667. The topological polar surface area (TPSA) is 55.1 Å². The summed E-state index contributed by atoms with van der Waals surface area (Å²) in [7, 11) is 1.93. The molecular formula is C15H10BrIN2O2. The zero-order valence-corrected chi connectivity index (χ0v) is 14.7. The Morgan fingerprint density at radius 2 is 2.05 bits per heavy atom. The Hall–Kier alpha value is -1.41. The van der Waals surface area contributed by atoms with Crippen molar-refractivity contribution in [1.82, 2.24) is 9.55 Å². The van der Waals surface area contributed by atoms with Crippen molar-refractivity contribution < 1.29 is 9.90 Å². The lowest BCUT2D eigenvalue weighted by Gasteiger charge is -2.05. The average molecular weight is 457 g/mol. The highest BCUT2D eigenvalue weighted by atomic mass is 127. The number of nitrogens with zero attached hydrogens (tertiary/aromatic N) is 2. The van der Waals surface area contributed by atoms with Crippen LogP contribution in [0, 0.1) is 3.57 Å². The molecule has 0 saturated heterocycles. The third kappa shape index (κ3) is 2.57. The Labute approximate surface area is 143 Å². The van der Waals surface area contributed by atoms with E-state index in [9.17, 15) is 4.79 Å². The lowest BCUT2D eigenvalue weighted by molar-refractivity contribution is 0.0697. The van der Waals surface area contributed by atoms with Gasteiger partial charge in [0.2, 0.25) is 0 Å². The molecule has 0 amide bonds. The van der Waals surface area contributed by atoms with Crippen LogP contribution in [0.15, 0.2) is 40.9 Å². The van der Waals surface area contributed by atoms with Gasteiger partial charge in [-0.1, -0.05) is 15.9 Å². The van der Waals surface area contributed by atoms with Gasteiger partial charge < -0.3 is 9.67 Å². The normalized spacial score (nSPS) is 11.0. The Morgan fingerprint density at radius 3 is 2.76 bits per heavy atom. The smallest absolute Gasteiger partial charge is 0.335 e. The highest BCUT2D eigenvalue weighted by molar-refractivity contribution is 14.1. The monoisotopic (exact) mass is 456 g/mol. The number of rotatable bonds is 2. The molecule has 1 aromatic heterocycles. The van der Waals surface area contributed by atoms with E-state index in [0.29, 0.717) is 5.52 Å². The predicted octanol–water partition coefficient (Wildman–Crippen LogP) is 4.31. The van der Waals surface area contributed by atoms with Gasteiger partial charge in [-0.3, -0.25) is 0 Å². The number of fused-ring (bicyclic) bond motifs is 1. The summed E-state index contributed by atoms with van der Waals surface area (Å²) in [4.78, 5) is 15.7. The van der Waals surface area contributed by atoms with Gasteiger partial charge >= 0.3 is 5.97 Å². The van der Waals surface area contributed by atoms with Gasteiger partial charge in [-0.2, -0.15) is 0 Å². The molecule has 6 heteroatoms. The number of imidazole rings is 1. The Morgan fingerprint density at radius 1 is 1.29 bits per heavy atom. The zero-order valence-electron chi connectivity index (χ0n) is 11.0. The van der Waals surface area contributed by atoms with Crippen LogP contribution in [0.2, 0.25) is 0 Å². The van der Waals surface area contributed by atoms with Crippen LogP contribution in [-0.2, 0) is 7.05 Å². The van der Waals surface area contributed by atoms with E-state index in [-0.39, 0.29) is 5.56 Å². The molecular weight excluding hydrogens is 447 g/mol. The molecule has 1 N–H and O–H groups in total. The summed E-state index contributed by atoms with van der Waals surface area (Å²) in [5, 5.41) is 9.08. The van der Waals surface area contributed by atoms with Crippen molar-refractivity contribution in [3.63, 3.8) is 0 Å². The Bertz CT molecular complexity index is 873. The Kier molecular flexibility index (Phi) is 3.75. The van der Waals surface area contributed by atoms with Gasteiger partial charge in [0.25, 0.3) is 0 Å². The van der Waals surface area contributed by atoms with E-state index in [2.05, 4.69) is 43.5 Å². The average Bonchev–Trinajstić information content (AvgIpc) is 2.78. The molecule has 0 atom stereocenters. The van der Waals surface area contributed by atoms with Crippen LogP contribution in [0.1, 0.15) is 10.4 Å². The number of aryl methyl sites for hydroxylation is 1. The maximum atomic E-state index is 11.1. The second-order valence-electron chi connectivity index (χ2n) is 4.63. The van der Waals surface area contributed by atoms with Crippen molar-refractivity contribution in [1.29, 1.82) is 0 Å². The number of aromatic carboxylic acids is 1. The summed E-state index contributed by atoms with van der Waals surface area (Å²) in [5.74, 6) is -0.126. The van der Waals surface area contributed by atoms with Crippen molar-refractivity contribution in [2.75, 3.05) is 0 Å². The molecule has 2 aromatic carbocycles. The van der Waals surface area contributed by atoms with E-state index in [1.54, 1.807) is 18.2 Å². The SMILES string of the molecule is Cn1c(-c2cc(Br)ccc2I)nc2cc(C(=O)O)ccc21. The first-order chi connectivity index (χ1) is 9.97. The maximum absolute atomic E-state index is 11.1. The van der Waals surface area contributed by atoms with Crippen molar-refractivity contribution >= 4 is 55.5 Å². The number of benzene rings is 2. The fourth-order valence-electron chi connectivity index (χ4n) is 2.24. The van der Waals surface area contributed by atoms with E-state index < -0.39 is 5.97 Å². The number of carboxylic acid groups (broad SMARTS) is 1. The molecule has 0 aliphatic carbocycles. The molecule has 21 heavy (non-hydrogen) atoms. The summed E-state index contributed by atoms with van der Waals surface area (Å²) in [6.07, 6.45) is 0. The third-order valence-corrected chi connectivity index (χ3v) is 4.73. The van der Waals surface area contributed by atoms with E-state index in [1.165, 1.54) is 0 Å². The molecule has 106 valence electrons. The van der Waals surface area contributed by atoms with Crippen molar-refractivity contribution in [2.24, 2.45) is 7.05 Å². The van der Waals surface area contributed by atoms with E-state index in [0.717, 1.165) is 24.9 Å². The second kappa shape index (κ2) is 5.42. The lowest BCUT2D eigenvalue weighted by Crippen LogP contribution is -1.96. The van der Waals surface area contributed by atoms with Crippen LogP contribution in [0.5, 0.6) is 0 Å². The molecule has 0 spiro atoms. The second-order valence-corrected chi connectivity index (χ2v) is 6.71. The van der Waals surface area contributed by atoms with Gasteiger partial charge in [0.15, 0.2) is 0 Å². The minimum absolute atomic E-state index is 0.246. The van der Waals surface area contributed by atoms with Crippen LogP contribution in [0.25, 0.3) is 22.4 Å². The zero-order chi connectivity index (χ0) is 15.1. The molecule has 0 bridgehead atoms. The van der Waals surface area contributed by atoms with Gasteiger partial charge in [0, 0.05) is 20.7 Å². The molecule has 1 heterocycles. The highest BCUT2D eigenvalue weighted by Crippen LogP contribution is 2.30.